The Morgan fingerprint density at radius 3 is 0.833 bits per heavy atom. The van der Waals surface area contributed by atoms with Gasteiger partial charge in [0.25, 0.3) is 0 Å². The van der Waals surface area contributed by atoms with Gasteiger partial charge in [-0.3, -0.25) is 0 Å². The van der Waals surface area contributed by atoms with Gasteiger partial charge in [-0.25, -0.2) is 29.9 Å². The third-order valence-electron chi connectivity index (χ3n) is 7.46. The standard InChI is InChI=1S/C32H18N8.Co.Cr/c1-2-10-18-17(9-1)25-33-26(18)38-28-21-13-5-6-14-22(21)30(35-28)40-32-24-16-8-7-15-23(24)31(36-32)39-29-20-12-4-3-11-19(20)27(34-29)37-25;;/h1-16H,(H2,33,34,35,36,37,38,39,40);;. The molecule has 2 N–H and O–H groups in total. The molecule has 4 aromatic carbocycles. The summed E-state index contributed by atoms with van der Waals surface area (Å²) >= 11 is 0. The van der Waals surface area contributed by atoms with E-state index in [1.165, 1.54) is 0 Å². The Morgan fingerprint density at radius 1 is 0.333 bits per heavy atom. The van der Waals surface area contributed by atoms with Crippen LogP contribution >= 0.6 is 0 Å². The fraction of sp³-hybridized carbons (Fsp3) is 0. The number of hydrogen-bond donors (Lipinski definition) is 2. The van der Waals surface area contributed by atoms with Gasteiger partial charge in [0, 0.05) is 77.9 Å². The Bertz CT molecular complexity index is 2040. The summed E-state index contributed by atoms with van der Waals surface area (Å²) in [5.74, 6) is 2.39. The maximum absolute atomic E-state index is 5.02. The summed E-state index contributed by atoms with van der Waals surface area (Å²) in [6.45, 7) is 0. The van der Waals surface area contributed by atoms with Crippen molar-refractivity contribution in [1.29, 1.82) is 0 Å². The second kappa shape index (κ2) is 9.98. The molecule has 2 aliphatic rings. The minimum atomic E-state index is 0. The molecule has 8 bridgehead atoms. The Kier molecular flexibility index (Phi) is 6.22. The number of fused-ring (bicyclic) bond motifs is 20. The molecule has 0 spiro atoms. The first-order valence-corrected chi connectivity index (χ1v) is 13.0. The van der Waals surface area contributed by atoms with E-state index < -0.39 is 0 Å². The quantitative estimate of drug-likeness (QED) is 0.191. The SMILES string of the molecule is [Co].[Cr].c1ccc2c(c1)-c1nc-2nc2[nH]c(nc3nc(nc4[nH]c(n1)c1ccccc41)-c1ccccc1-3)c1ccccc21. The number of nitrogens with zero attached hydrogens (tertiary/aromatic N) is 6. The van der Waals surface area contributed by atoms with Crippen LogP contribution in [0.25, 0.3) is 89.7 Å². The minimum absolute atomic E-state index is 0. The molecule has 1 radical (unpaired) electrons. The minimum Gasteiger partial charge on any atom is -0.324 e. The van der Waals surface area contributed by atoms with Crippen LogP contribution in [0.3, 0.4) is 0 Å². The molecule has 0 aliphatic carbocycles. The zero-order valence-electron chi connectivity index (χ0n) is 21.7. The predicted molar refractivity (Wildman–Crippen MR) is 156 cm³/mol. The van der Waals surface area contributed by atoms with Crippen LogP contribution in [0.4, 0.5) is 0 Å². The van der Waals surface area contributed by atoms with E-state index in [4.69, 9.17) is 29.9 Å². The van der Waals surface area contributed by atoms with E-state index >= 15 is 0 Å². The van der Waals surface area contributed by atoms with Gasteiger partial charge in [-0.05, 0) is 0 Å². The molecule has 0 unspecified atom stereocenters. The molecule has 8 nitrogen and oxygen atoms in total. The topological polar surface area (TPSA) is 109 Å². The maximum Gasteiger partial charge on any atom is 0.164 e. The van der Waals surface area contributed by atoms with Crippen molar-refractivity contribution < 1.29 is 34.1 Å². The summed E-state index contributed by atoms with van der Waals surface area (Å²) in [7, 11) is 0. The van der Waals surface area contributed by atoms with E-state index in [-0.39, 0.29) is 34.1 Å². The van der Waals surface area contributed by atoms with Gasteiger partial charge >= 0.3 is 0 Å². The molecule has 42 heavy (non-hydrogen) atoms. The van der Waals surface area contributed by atoms with Gasteiger partial charge in [0.2, 0.25) is 0 Å². The summed E-state index contributed by atoms with van der Waals surface area (Å²) in [5.41, 5.74) is 6.45. The summed E-state index contributed by atoms with van der Waals surface area (Å²) in [4.78, 5) is 36.8. The van der Waals surface area contributed by atoms with Crippen LogP contribution in [-0.2, 0) is 34.1 Å². The Morgan fingerprint density at radius 2 is 0.571 bits per heavy atom. The van der Waals surface area contributed by atoms with Gasteiger partial charge in [0.15, 0.2) is 23.3 Å². The molecule has 0 amide bonds. The van der Waals surface area contributed by atoms with Crippen molar-refractivity contribution in [3.8, 4) is 45.6 Å². The fourth-order valence-corrected chi connectivity index (χ4v) is 5.59. The molecule has 0 atom stereocenters. The van der Waals surface area contributed by atoms with E-state index in [0.717, 1.165) is 43.8 Å². The van der Waals surface area contributed by atoms with Crippen molar-refractivity contribution in [3.63, 3.8) is 0 Å². The predicted octanol–water partition coefficient (Wildman–Crippen LogP) is 6.86. The smallest absolute Gasteiger partial charge is 0.164 e. The summed E-state index contributed by atoms with van der Waals surface area (Å²) in [6.07, 6.45) is 0. The molecule has 2 aliphatic heterocycles. The zero-order valence-corrected chi connectivity index (χ0v) is 24.0. The molecule has 3 aromatic heterocycles. The van der Waals surface area contributed by atoms with E-state index in [9.17, 15) is 0 Å². The average molecular weight is 625 g/mol. The van der Waals surface area contributed by atoms with Crippen molar-refractivity contribution >= 4 is 44.1 Å². The first-order chi connectivity index (χ1) is 19.8. The molecular formula is C32H18CoCrN8. The van der Waals surface area contributed by atoms with Crippen molar-refractivity contribution in [2.45, 2.75) is 0 Å². The number of hydrogen-bond acceptors (Lipinski definition) is 6. The second-order valence-corrected chi connectivity index (χ2v) is 9.79. The van der Waals surface area contributed by atoms with Crippen LogP contribution < -0.4 is 0 Å². The molecule has 9 rings (SSSR count). The summed E-state index contributed by atoms with van der Waals surface area (Å²) in [6, 6.07) is 32.2. The second-order valence-electron chi connectivity index (χ2n) is 9.79. The van der Waals surface area contributed by atoms with Crippen LogP contribution in [0.1, 0.15) is 0 Å². The van der Waals surface area contributed by atoms with Gasteiger partial charge in [0.05, 0.1) is 0 Å². The Balaban J connectivity index is 0.00000144. The first kappa shape index (κ1) is 26.2. The van der Waals surface area contributed by atoms with Gasteiger partial charge < -0.3 is 9.97 Å². The molecule has 7 aromatic rings. The van der Waals surface area contributed by atoms with Crippen LogP contribution in [0.15, 0.2) is 97.1 Å². The molecule has 5 heterocycles. The van der Waals surface area contributed by atoms with Crippen molar-refractivity contribution in [2.75, 3.05) is 0 Å². The van der Waals surface area contributed by atoms with Gasteiger partial charge in [-0.2, -0.15) is 0 Å². The third-order valence-corrected chi connectivity index (χ3v) is 7.46. The van der Waals surface area contributed by atoms with E-state index in [1.54, 1.807) is 0 Å². The van der Waals surface area contributed by atoms with Gasteiger partial charge in [-0.15, -0.1) is 0 Å². The van der Waals surface area contributed by atoms with Crippen LogP contribution in [0, 0.1) is 0 Å². The van der Waals surface area contributed by atoms with E-state index in [0.29, 0.717) is 45.9 Å². The summed E-state index contributed by atoms with van der Waals surface area (Å²) in [5, 5.41) is 3.82. The summed E-state index contributed by atoms with van der Waals surface area (Å²) < 4.78 is 0. The molecule has 0 fully saturated rings. The largest absolute Gasteiger partial charge is 0.324 e. The Hall–Kier alpha value is -4.72. The van der Waals surface area contributed by atoms with Gasteiger partial charge in [-0.1, -0.05) is 97.1 Å². The fourth-order valence-electron chi connectivity index (χ4n) is 5.59. The Labute approximate surface area is 259 Å². The molecule has 0 saturated heterocycles. The van der Waals surface area contributed by atoms with E-state index in [1.807, 2.05) is 97.1 Å². The van der Waals surface area contributed by atoms with Crippen molar-refractivity contribution in [1.82, 2.24) is 39.9 Å². The number of aromatic nitrogens is 8. The van der Waals surface area contributed by atoms with E-state index in [2.05, 4.69) is 9.97 Å². The van der Waals surface area contributed by atoms with Gasteiger partial charge in [0.1, 0.15) is 22.6 Å². The molecular weight excluding hydrogens is 607 g/mol. The molecule has 201 valence electrons. The number of rotatable bonds is 0. The number of benzene rings is 4. The zero-order chi connectivity index (χ0) is 26.2. The van der Waals surface area contributed by atoms with Crippen molar-refractivity contribution in [3.05, 3.63) is 97.1 Å². The first-order valence-electron chi connectivity index (χ1n) is 13.0. The molecule has 10 heteroatoms. The van der Waals surface area contributed by atoms with Crippen LogP contribution in [0.2, 0.25) is 0 Å². The molecule has 0 saturated carbocycles. The number of aromatic amines is 2. The maximum atomic E-state index is 5.02. The number of nitrogens with one attached hydrogen (secondary N) is 2. The van der Waals surface area contributed by atoms with Crippen LogP contribution in [0.5, 0.6) is 0 Å². The monoisotopic (exact) mass is 625 g/mol. The normalized spacial score (nSPS) is 11.4. The van der Waals surface area contributed by atoms with Crippen molar-refractivity contribution in [2.24, 2.45) is 0 Å². The van der Waals surface area contributed by atoms with Crippen LogP contribution in [-0.4, -0.2) is 39.9 Å². The average Bonchev–Trinajstić information content (AvgIpc) is 3.73. The number of H-pyrrole nitrogens is 2. The third kappa shape index (κ3) is 3.89.